The molecule has 5 nitrogen and oxygen atoms in total. The van der Waals surface area contributed by atoms with Crippen molar-refractivity contribution in [3.63, 3.8) is 0 Å². The Morgan fingerprint density at radius 2 is 2.28 bits per heavy atom. The highest BCUT2D eigenvalue weighted by Crippen LogP contribution is 2.18. The molecule has 1 N–H and O–H groups in total. The third-order valence-electron chi connectivity index (χ3n) is 3.18. The van der Waals surface area contributed by atoms with Crippen LogP contribution in [-0.4, -0.2) is 40.0 Å². The minimum atomic E-state index is -1.11. The molecule has 5 heteroatoms. The smallest absolute Gasteiger partial charge is 0.338 e. The van der Waals surface area contributed by atoms with Crippen LogP contribution in [0.3, 0.4) is 0 Å². The number of rotatable bonds is 2. The van der Waals surface area contributed by atoms with Crippen molar-refractivity contribution >= 4 is 11.9 Å². The molecule has 18 heavy (non-hydrogen) atoms. The largest absolute Gasteiger partial charge is 0.478 e. The Labute approximate surface area is 105 Å². The highest BCUT2D eigenvalue weighted by Gasteiger charge is 2.26. The summed E-state index contributed by atoms with van der Waals surface area (Å²) in [5.74, 6) is -0.934. The zero-order valence-electron chi connectivity index (χ0n) is 10.3. The summed E-state index contributed by atoms with van der Waals surface area (Å²) in [4.78, 5) is 29.0. The van der Waals surface area contributed by atoms with Crippen molar-refractivity contribution < 1.29 is 14.7 Å². The first kappa shape index (κ1) is 12.5. The Bertz CT molecular complexity index is 473. The second kappa shape index (κ2) is 5.16. The molecule has 0 spiro atoms. The van der Waals surface area contributed by atoms with E-state index in [1.807, 2.05) is 0 Å². The molecule has 2 heterocycles. The summed E-state index contributed by atoms with van der Waals surface area (Å²) in [5.41, 5.74) is 0.0137. The van der Waals surface area contributed by atoms with Gasteiger partial charge in [0.05, 0.1) is 5.56 Å². The number of carboxylic acid groups (broad SMARTS) is 1. The van der Waals surface area contributed by atoms with Gasteiger partial charge in [-0.15, -0.1) is 0 Å². The highest BCUT2D eigenvalue weighted by molar-refractivity contribution is 6.03. The quantitative estimate of drug-likeness (QED) is 0.864. The first-order valence-electron chi connectivity index (χ1n) is 6.07. The van der Waals surface area contributed by atoms with Gasteiger partial charge in [0.2, 0.25) is 0 Å². The first-order valence-corrected chi connectivity index (χ1v) is 6.07. The Balaban J connectivity index is 2.25. The molecule has 1 fully saturated rings. The molecule has 1 unspecified atom stereocenters. The van der Waals surface area contributed by atoms with Crippen LogP contribution in [0.15, 0.2) is 18.3 Å². The number of hydrogen-bond donors (Lipinski definition) is 1. The van der Waals surface area contributed by atoms with Crippen LogP contribution in [0.4, 0.5) is 0 Å². The monoisotopic (exact) mass is 248 g/mol. The van der Waals surface area contributed by atoms with Crippen LogP contribution in [0.5, 0.6) is 0 Å². The number of nitrogens with zero attached hydrogens (tertiary/aromatic N) is 2. The Morgan fingerprint density at radius 3 is 2.94 bits per heavy atom. The summed E-state index contributed by atoms with van der Waals surface area (Å²) in [6.45, 7) is 3.45. The molecular formula is C13H16N2O3. The van der Waals surface area contributed by atoms with E-state index in [0.29, 0.717) is 19.0 Å². The molecule has 0 aromatic carbocycles. The molecule has 0 aliphatic carbocycles. The Kier molecular flexibility index (Phi) is 3.60. The van der Waals surface area contributed by atoms with Crippen LogP contribution in [0.25, 0.3) is 0 Å². The SMILES string of the molecule is CC1CCCN(C(=O)c2ncccc2C(=O)O)C1. The van der Waals surface area contributed by atoms with E-state index in [0.717, 1.165) is 12.8 Å². The van der Waals surface area contributed by atoms with Crippen molar-refractivity contribution in [2.75, 3.05) is 13.1 Å². The third kappa shape index (κ3) is 2.50. The number of likely N-dealkylation sites (tertiary alicyclic amines) is 1. The molecule has 2 rings (SSSR count). The molecule has 0 radical (unpaired) electrons. The number of hydrogen-bond acceptors (Lipinski definition) is 3. The van der Waals surface area contributed by atoms with Crippen molar-refractivity contribution in [2.45, 2.75) is 19.8 Å². The molecule has 1 atom stereocenters. The van der Waals surface area contributed by atoms with E-state index < -0.39 is 5.97 Å². The maximum absolute atomic E-state index is 12.3. The van der Waals surface area contributed by atoms with Gasteiger partial charge in [0.15, 0.2) is 0 Å². The van der Waals surface area contributed by atoms with Gasteiger partial charge in [0, 0.05) is 19.3 Å². The maximum Gasteiger partial charge on any atom is 0.338 e. The molecule has 0 saturated carbocycles. The van der Waals surface area contributed by atoms with E-state index in [1.54, 1.807) is 4.90 Å². The van der Waals surface area contributed by atoms with Crippen molar-refractivity contribution in [1.29, 1.82) is 0 Å². The summed E-state index contributed by atoms with van der Waals surface area (Å²) in [7, 11) is 0. The zero-order chi connectivity index (χ0) is 13.1. The van der Waals surface area contributed by atoms with E-state index in [1.165, 1.54) is 18.3 Å². The third-order valence-corrected chi connectivity index (χ3v) is 3.18. The minimum Gasteiger partial charge on any atom is -0.478 e. The van der Waals surface area contributed by atoms with Crippen LogP contribution in [0, 0.1) is 5.92 Å². The van der Waals surface area contributed by atoms with E-state index in [4.69, 9.17) is 5.11 Å². The van der Waals surface area contributed by atoms with Crippen LogP contribution < -0.4 is 0 Å². The second-order valence-electron chi connectivity index (χ2n) is 4.70. The predicted molar refractivity (Wildman–Crippen MR) is 65.5 cm³/mol. The summed E-state index contributed by atoms with van der Waals surface area (Å²) < 4.78 is 0. The summed E-state index contributed by atoms with van der Waals surface area (Å²) in [5, 5.41) is 9.05. The topological polar surface area (TPSA) is 70.5 Å². The lowest BCUT2D eigenvalue weighted by molar-refractivity contribution is 0.0642. The average molecular weight is 248 g/mol. The van der Waals surface area contributed by atoms with Gasteiger partial charge in [-0.25, -0.2) is 4.79 Å². The van der Waals surface area contributed by atoms with Gasteiger partial charge in [0.25, 0.3) is 5.91 Å². The molecule has 1 amide bonds. The van der Waals surface area contributed by atoms with Gasteiger partial charge in [0.1, 0.15) is 5.69 Å². The van der Waals surface area contributed by atoms with Crippen molar-refractivity contribution in [2.24, 2.45) is 5.92 Å². The molecule has 1 aromatic rings. The van der Waals surface area contributed by atoms with Crippen molar-refractivity contribution in [3.05, 3.63) is 29.6 Å². The van der Waals surface area contributed by atoms with Gasteiger partial charge < -0.3 is 10.0 Å². The zero-order valence-corrected chi connectivity index (χ0v) is 10.3. The lowest BCUT2D eigenvalue weighted by atomic mass is 9.99. The number of carbonyl (C=O) groups excluding carboxylic acids is 1. The van der Waals surface area contributed by atoms with Gasteiger partial charge in [-0.1, -0.05) is 6.92 Å². The van der Waals surface area contributed by atoms with E-state index in [-0.39, 0.29) is 17.2 Å². The molecule has 1 saturated heterocycles. The predicted octanol–water partition coefficient (Wildman–Crippen LogP) is 1.65. The van der Waals surface area contributed by atoms with E-state index in [2.05, 4.69) is 11.9 Å². The van der Waals surface area contributed by atoms with E-state index in [9.17, 15) is 9.59 Å². The minimum absolute atomic E-state index is 0.0271. The number of amides is 1. The first-order chi connectivity index (χ1) is 8.59. The normalized spacial score (nSPS) is 19.6. The van der Waals surface area contributed by atoms with Gasteiger partial charge in [-0.05, 0) is 30.9 Å². The molecular weight excluding hydrogens is 232 g/mol. The Hall–Kier alpha value is -1.91. The van der Waals surface area contributed by atoms with Crippen LogP contribution >= 0.6 is 0 Å². The summed E-state index contributed by atoms with van der Waals surface area (Å²) in [6.07, 6.45) is 3.52. The standard InChI is InChI=1S/C13H16N2O3/c1-9-4-3-7-15(8-9)12(16)11-10(13(17)18)5-2-6-14-11/h2,5-6,9H,3-4,7-8H2,1H3,(H,17,18). The fraction of sp³-hybridized carbons (Fsp3) is 0.462. The van der Waals surface area contributed by atoms with Gasteiger partial charge in [-0.2, -0.15) is 0 Å². The molecule has 0 bridgehead atoms. The number of aromatic nitrogens is 1. The summed E-state index contributed by atoms with van der Waals surface area (Å²) >= 11 is 0. The fourth-order valence-electron chi connectivity index (χ4n) is 2.27. The Morgan fingerprint density at radius 1 is 1.50 bits per heavy atom. The number of pyridine rings is 1. The lowest BCUT2D eigenvalue weighted by Gasteiger charge is -2.30. The average Bonchev–Trinajstić information content (AvgIpc) is 2.38. The summed E-state index contributed by atoms with van der Waals surface area (Å²) in [6, 6.07) is 2.94. The van der Waals surface area contributed by atoms with Gasteiger partial charge in [-0.3, -0.25) is 9.78 Å². The van der Waals surface area contributed by atoms with Crippen LogP contribution in [-0.2, 0) is 0 Å². The molecule has 1 aromatic heterocycles. The van der Waals surface area contributed by atoms with Crippen molar-refractivity contribution in [1.82, 2.24) is 9.88 Å². The van der Waals surface area contributed by atoms with Crippen LogP contribution in [0.1, 0.15) is 40.6 Å². The second-order valence-corrected chi connectivity index (χ2v) is 4.70. The van der Waals surface area contributed by atoms with Gasteiger partial charge >= 0.3 is 5.97 Å². The number of aromatic carboxylic acids is 1. The molecule has 96 valence electrons. The number of carboxylic acids is 1. The molecule has 1 aliphatic rings. The van der Waals surface area contributed by atoms with Crippen LogP contribution in [0.2, 0.25) is 0 Å². The van der Waals surface area contributed by atoms with E-state index >= 15 is 0 Å². The number of piperidine rings is 1. The highest BCUT2D eigenvalue weighted by atomic mass is 16.4. The number of carbonyl (C=O) groups is 2. The maximum atomic E-state index is 12.3. The lowest BCUT2D eigenvalue weighted by Crippen LogP contribution is -2.40. The van der Waals surface area contributed by atoms with Crippen molar-refractivity contribution in [3.8, 4) is 0 Å². The fourth-order valence-corrected chi connectivity index (χ4v) is 2.27. The molecule has 1 aliphatic heterocycles.